The number of carbonyl (C=O) groups is 1. The van der Waals surface area contributed by atoms with Crippen LogP contribution in [0.2, 0.25) is 0 Å². The second-order valence-corrected chi connectivity index (χ2v) is 5.57. The summed E-state index contributed by atoms with van der Waals surface area (Å²) in [6.45, 7) is 1.80. The normalized spacial score (nSPS) is 11.8. The van der Waals surface area contributed by atoms with Crippen molar-refractivity contribution in [3.05, 3.63) is 57.1 Å². The van der Waals surface area contributed by atoms with Crippen LogP contribution in [0.15, 0.2) is 30.3 Å². The number of nitro groups is 1. The number of aliphatic carboxylic acids is 1. The molecule has 0 aliphatic heterocycles. The lowest BCUT2D eigenvalue weighted by molar-refractivity contribution is -0.385. The van der Waals surface area contributed by atoms with Crippen LogP contribution in [0.25, 0.3) is 0 Å². The highest BCUT2D eigenvalue weighted by Gasteiger charge is 2.27. The number of benzene rings is 2. The molecule has 3 N–H and O–H groups in total. The van der Waals surface area contributed by atoms with E-state index in [9.17, 15) is 30.2 Å². The summed E-state index contributed by atoms with van der Waals surface area (Å²) >= 11 is 0. The lowest BCUT2D eigenvalue weighted by Gasteiger charge is -2.17. The van der Waals surface area contributed by atoms with Gasteiger partial charge in [-0.3, -0.25) is 14.9 Å². The lowest BCUT2D eigenvalue weighted by Crippen LogP contribution is -2.16. The average Bonchev–Trinajstić information content (AvgIpc) is 2.53. The Bertz CT molecular complexity index is 832. The summed E-state index contributed by atoms with van der Waals surface area (Å²) in [6.07, 6.45) is -0.206. The van der Waals surface area contributed by atoms with Gasteiger partial charge in [-0.1, -0.05) is 17.7 Å². The van der Waals surface area contributed by atoms with Crippen LogP contribution in [0, 0.1) is 17.0 Å². The fourth-order valence-corrected chi connectivity index (χ4v) is 2.60. The molecule has 0 aromatic heterocycles. The lowest BCUT2D eigenvalue weighted by atomic mass is 9.89. The third-order valence-electron chi connectivity index (χ3n) is 3.86. The maximum atomic E-state index is 11.8. The Balaban J connectivity index is 2.52. The highest BCUT2D eigenvalue weighted by molar-refractivity contribution is 5.78. The van der Waals surface area contributed by atoms with Crippen LogP contribution in [0.3, 0.4) is 0 Å². The van der Waals surface area contributed by atoms with Gasteiger partial charge in [0, 0.05) is 23.3 Å². The maximum Gasteiger partial charge on any atom is 0.311 e. The molecule has 0 amide bonds. The predicted octanol–water partition coefficient (Wildman–Crippen LogP) is 2.73. The van der Waals surface area contributed by atoms with Gasteiger partial charge in [0.2, 0.25) is 0 Å². The van der Waals surface area contributed by atoms with Gasteiger partial charge in [0.1, 0.15) is 11.5 Å². The number of methoxy groups -OCH3 is 1. The summed E-state index contributed by atoms with van der Waals surface area (Å²) in [5.74, 6) is -3.00. The molecule has 0 aliphatic rings. The highest BCUT2D eigenvalue weighted by Crippen LogP contribution is 2.37. The van der Waals surface area contributed by atoms with Gasteiger partial charge in [-0.15, -0.1) is 0 Å². The topological polar surface area (TPSA) is 130 Å². The van der Waals surface area contributed by atoms with E-state index >= 15 is 0 Å². The Hall–Kier alpha value is -3.29. The molecule has 1 unspecified atom stereocenters. The fraction of sp³-hybridized carbons (Fsp3) is 0.235. The number of aromatic hydroxyl groups is 2. The monoisotopic (exact) mass is 347 g/mol. The molecule has 8 nitrogen and oxygen atoms in total. The van der Waals surface area contributed by atoms with Gasteiger partial charge in [-0.25, -0.2) is 0 Å². The van der Waals surface area contributed by atoms with Crippen LogP contribution >= 0.6 is 0 Å². The number of nitrogens with zero attached hydrogens (tertiary/aromatic N) is 1. The minimum Gasteiger partial charge on any atom is -0.508 e. The number of phenolic OH excluding ortho intramolecular Hbond substituents is 2. The zero-order valence-electron chi connectivity index (χ0n) is 13.6. The molecule has 132 valence electrons. The van der Waals surface area contributed by atoms with Crippen LogP contribution in [0.5, 0.6) is 17.2 Å². The number of hydrogen-bond donors (Lipinski definition) is 3. The van der Waals surface area contributed by atoms with E-state index in [1.54, 1.807) is 25.1 Å². The third-order valence-corrected chi connectivity index (χ3v) is 3.86. The quantitative estimate of drug-likeness (QED) is 0.541. The van der Waals surface area contributed by atoms with E-state index in [1.165, 1.54) is 7.11 Å². The molecular formula is C17H17NO7. The number of carboxylic acids is 1. The first kappa shape index (κ1) is 18.1. The van der Waals surface area contributed by atoms with E-state index in [4.69, 9.17) is 4.74 Å². The highest BCUT2D eigenvalue weighted by atomic mass is 16.6. The molecule has 0 bridgehead atoms. The first-order valence-corrected chi connectivity index (χ1v) is 7.31. The summed E-state index contributed by atoms with van der Waals surface area (Å²) in [6, 6.07) is 6.87. The van der Waals surface area contributed by atoms with Gasteiger partial charge >= 0.3 is 11.7 Å². The summed E-state index contributed by atoms with van der Waals surface area (Å²) in [5.41, 5.74) is 0.654. The second-order valence-electron chi connectivity index (χ2n) is 5.57. The molecule has 0 fully saturated rings. The molecule has 0 spiro atoms. The van der Waals surface area contributed by atoms with Crippen LogP contribution in [0.4, 0.5) is 5.69 Å². The molecule has 0 aliphatic carbocycles. The van der Waals surface area contributed by atoms with Crippen molar-refractivity contribution in [1.82, 2.24) is 0 Å². The fourth-order valence-electron chi connectivity index (χ4n) is 2.60. The van der Waals surface area contributed by atoms with Crippen molar-refractivity contribution >= 4 is 11.7 Å². The van der Waals surface area contributed by atoms with Crippen molar-refractivity contribution in [3.63, 3.8) is 0 Å². The van der Waals surface area contributed by atoms with Crippen molar-refractivity contribution in [2.75, 3.05) is 7.11 Å². The van der Waals surface area contributed by atoms with Crippen molar-refractivity contribution in [3.8, 4) is 17.2 Å². The Labute approximate surface area is 143 Å². The predicted molar refractivity (Wildman–Crippen MR) is 88.2 cm³/mol. The molecule has 2 aromatic rings. The first-order valence-electron chi connectivity index (χ1n) is 7.31. The zero-order chi connectivity index (χ0) is 18.7. The minimum atomic E-state index is -1.17. The van der Waals surface area contributed by atoms with Gasteiger partial charge < -0.3 is 20.1 Å². The first-order chi connectivity index (χ1) is 11.7. The molecular weight excluding hydrogens is 330 g/mol. The summed E-state index contributed by atoms with van der Waals surface area (Å²) in [7, 11) is 1.41. The number of aryl methyl sites for hydroxylation is 1. The number of nitro benzene ring substituents is 1. The van der Waals surface area contributed by atoms with Crippen LogP contribution in [-0.2, 0) is 11.2 Å². The summed E-state index contributed by atoms with van der Waals surface area (Å²) in [5, 5.41) is 40.0. The van der Waals surface area contributed by atoms with Gasteiger partial charge in [0.25, 0.3) is 0 Å². The Morgan fingerprint density at radius 2 is 1.92 bits per heavy atom. The summed E-state index contributed by atoms with van der Waals surface area (Å²) < 4.78 is 5.21. The maximum absolute atomic E-state index is 11.8. The Kier molecular flexibility index (Phi) is 5.11. The average molecular weight is 347 g/mol. The zero-order valence-corrected chi connectivity index (χ0v) is 13.6. The number of hydrogen-bond acceptors (Lipinski definition) is 6. The number of ether oxygens (including phenoxy) is 1. The smallest absolute Gasteiger partial charge is 0.311 e. The van der Waals surface area contributed by atoms with Gasteiger partial charge in [-0.2, -0.15) is 0 Å². The Morgan fingerprint density at radius 1 is 1.24 bits per heavy atom. The SMILES string of the molecule is COc1ccc(C)cc1C(Cc1cc([N+](=O)[O-])c(O)cc1O)C(=O)O. The van der Waals surface area contributed by atoms with Gasteiger partial charge in [0.05, 0.1) is 18.0 Å². The minimum absolute atomic E-state index is 0.0421. The number of phenols is 2. The van der Waals surface area contributed by atoms with E-state index in [-0.39, 0.29) is 12.0 Å². The molecule has 2 rings (SSSR count). The molecule has 1 atom stereocenters. The standard InChI is InChI=1S/C17H17NO7/c1-9-3-4-16(25-2)11(5-9)12(17(21)22)6-10-7-13(18(23)24)15(20)8-14(10)19/h3-5,7-8,12,19-20H,6H2,1-2H3,(H,21,22). The summed E-state index contributed by atoms with van der Waals surface area (Å²) in [4.78, 5) is 21.9. The van der Waals surface area contributed by atoms with E-state index in [1.807, 2.05) is 0 Å². The van der Waals surface area contributed by atoms with Crippen molar-refractivity contribution < 1.29 is 29.8 Å². The van der Waals surface area contributed by atoms with Crippen molar-refractivity contribution in [2.24, 2.45) is 0 Å². The van der Waals surface area contributed by atoms with Crippen molar-refractivity contribution in [1.29, 1.82) is 0 Å². The van der Waals surface area contributed by atoms with Crippen LogP contribution in [0.1, 0.15) is 22.6 Å². The van der Waals surface area contributed by atoms with Gasteiger partial charge in [-0.05, 0) is 19.4 Å². The third kappa shape index (κ3) is 3.79. The van der Waals surface area contributed by atoms with Crippen LogP contribution in [-0.4, -0.2) is 33.3 Å². The van der Waals surface area contributed by atoms with E-state index in [2.05, 4.69) is 0 Å². The molecule has 0 radical (unpaired) electrons. The largest absolute Gasteiger partial charge is 0.508 e. The molecule has 0 heterocycles. The molecule has 0 saturated carbocycles. The van der Waals surface area contributed by atoms with E-state index in [0.29, 0.717) is 11.3 Å². The second kappa shape index (κ2) is 7.08. The van der Waals surface area contributed by atoms with Crippen molar-refractivity contribution in [2.45, 2.75) is 19.3 Å². The molecule has 0 saturated heterocycles. The van der Waals surface area contributed by atoms with E-state index in [0.717, 1.165) is 17.7 Å². The molecule has 2 aromatic carbocycles. The van der Waals surface area contributed by atoms with E-state index < -0.39 is 34.0 Å². The van der Waals surface area contributed by atoms with Gasteiger partial charge in [0.15, 0.2) is 5.75 Å². The van der Waals surface area contributed by atoms with Crippen LogP contribution < -0.4 is 4.74 Å². The molecule has 8 heteroatoms. The number of rotatable bonds is 6. The molecule has 25 heavy (non-hydrogen) atoms. The Morgan fingerprint density at radius 3 is 2.48 bits per heavy atom. The number of carboxylic acid groups (broad SMARTS) is 1.